The van der Waals surface area contributed by atoms with Crippen LogP contribution in [-0.2, 0) is 10.0 Å². The normalized spacial score (nSPS) is 22.1. The van der Waals surface area contributed by atoms with Gasteiger partial charge >= 0.3 is 0 Å². The summed E-state index contributed by atoms with van der Waals surface area (Å²) in [7, 11) is -3.55. The zero-order valence-corrected chi connectivity index (χ0v) is 12.7. The summed E-state index contributed by atoms with van der Waals surface area (Å²) in [5.41, 5.74) is 6.04. The largest absolute Gasteiger partial charge is 0.398 e. The SMILES string of the molecule is Nc1ccc(Cl)cc1S(=O)(=O)N1CCN(C2CC2)CC1. The first-order valence-electron chi connectivity index (χ1n) is 6.78. The van der Waals surface area contributed by atoms with Crippen molar-refractivity contribution in [2.75, 3.05) is 31.9 Å². The second-order valence-electron chi connectivity index (χ2n) is 5.35. The maximum Gasteiger partial charge on any atom is 0.245 e. The summed E-state index contributed by atoms with van der Waals surface area (Å²) in [6, 6.07) is 5.24. The third kappa shape index (κ3) is 2.65. The third-order valence-electron chi connectivity index (χ3n) is 3.93. The number of nitrogens with zero attached hydrogens (tertiary/aromatic N) is 2. The molecular weight excluding hydrogens is 298 g/mol. The summed E-state index contributed by atoms with van der Waals surface area (Å²) >= 11 is 5.89. The van der Waals surface area contributed by atoms with Gasteiger partial charge in [0.1, 0.15) is 4.90 Å². The molecule has 2 aliphatic rings. The molecule has 0 atom stereocenters. The number of anilines is 1. The van der Waals surface area contributed by atoms with E-state index in [1.807, 2.05) is 0 Å². The van der Waals surface area contributed by atoms with E-state index >= 15 is 0 Å². The Hall–Kier alpha value is -0.820. The molecule has 1 heterocycles. The lowest BCUT2D eigenvalue weighted by Crippen LogP contribution is -2.49. The molecule has 1 saturated carbocycles. The quantitative estimate of drug-likeness (QED) is 0.856. The monoisotopic (exact) mass is 315 g/mol. The van der Waals surface area contributed by atoms with Crippen LogP contribution in [0.2, 0.25) is 5.02 Å². The van der Waals surface area contributed by atoms with Crippen molar-refractivity contribution in [3.8, 4) is 0 Å². The van der Waals surface area contributed by atoms with Crippen LogP contribution in [-0.4, -0.2) is 49.8 Å². The van der Waals surface area contributed by atoms with E-state index in [1.54, 1.807) is 6.07 Å². The molecule has 1 aliphatic carbocycles. The summed E-state index contributed by atoms with van der Waals surface area (Å²) in [4.78, 5) is 2.48. The highest BCUT2D eigenvalue weighted by Gasteiger charge is 2.35. The summed E-state index contributed by atoms with van der Waals surface area (Å²) in [5.74, 6) is 0. The molecule has 1 saturated heterocycles. The summed E-state index contributed by atoms with van der Waals surface area (Å²) in [5, 5.41) is 0.384. The lowest BCUT2D eigenvalue weighted by Gasteiger charge is -2.34. The van der Waals surface area contributed by atoms with E-state index in [0.717, 1.165) is 13.1 Å². The van der Waals surface area contributed by atoms with E-state index in [4.69, 9.17) is 17.3 Å². The first-order chi connectivity index (χ1) is 9.48. The van der Waals surface area contributed by atoms with Crippen molar-refractivity contribution < 1.29 is 8.42 Å². The number of halogens is 1. The van der Waals surface area contributed by atoms with Gasteiger partial charge in [-0.05, 0) is 31.0 Å². The van der Waals surface area contributed by atoms with E-state index in [0.29, 0.717) is 24.2 Å². The van der Waals surface area contributed by atoms with Crippen LogP contribution in [0, 0.1) is 0 Å². The Balaban J connectivity index is 1.79. The minimum absolute atomic E-state index is 0.116. The van der Waals surface area contributed by atoms with Gasteiger partial charge in [0.2, 0.25) is 10.0 Å². The molecule has 20 heavy (non-hydrogen) atoms. The zero-order chi connectivity index (χ0) is 14.3. The summed E-state index contributed by atoms with van der Waals surface area (Å²) in [6.07, 6.45) is 2.49. The van der Waals surface area contributed by atoms with Gasteiger partial charge in [0.25, 0.3) is 0 Å². The highest BCUT2D eigenvalue weighted by Crippen LogP contribution is 2.30. The molecule has 0 aromatic heterocycles. The average Bonchev–Trinajstić information content (AvgIpc) is 3.26. The minimum atomic E-state index is -3.55. The minimum Gasteiger partial charge on any atom is -0.398 e. The topological polar surface area (TPSA) is 66.6 Å². The molecule has 110 valence electrons. The predicted octanol–water partition coefficient (Wildman–Crippen LogP) is 1.39. The number of nitrogen functional groups attached to an aromatic ring is 1. The Bertz CT molecular complexity index is 608. The van der Waals surface area contributed by atoms with Crippen LogP contribution in [0.4, 0.5) is 5.69 Å². The van der Waals surface area contributed by atoms with Crippen LogP contribution in [0.25, 0.3) is 0 Å². The number of rotatable bonds is 3. The predicted molar refractivity (Wildman–Crippen MR) is 79.2 cm³/mol. The molecule has 0 bridgehead atoms. The molecule has 0 spiro atoms. The first-order valence-corrected chi connectivity index (χ1v) is 8.59. The maximum absolute atomic E-state index is 12.6. The van der Waals surface area contributed by atoms with Crippen molar-refractivity contribution in [2.24, 2.45) is 0 Å². The Morgan fingerprint density at radius 1 is 1.15 bits per heavy atom. The molecule has 0 unspecified atom stereocenters. The van der Waals surface area contributed by atoms with Crippen molar-refractivity contribution in [3.05, 3.63) is 23.2 Å². The standard InChI is InChI=1S/C13H18ClN3O2S/c14-10-1-4-12(15)13(9-10)20(18,19)17-7-5-16(6-8-17)11-2-3-11/h1,4,9,11H,2-3,5-8,15H2. The van der Waals surface area contributed by atoms with Gasteiger partial charge in [0, 0.05) is 37.2 Å². The van der Waals surface area contributed by atoms with Crippen LogP contribution >= 0.6 is 11.6 Å². The third-order valence-corrected chi connectivity index (χ3v) is 6.12. The fourth-order valence-corrected chi connectivity index (χ4v) is 4.42. The van der Waals surface area contributed by atoms with Gasteiger partial charge in [-0.25, -0.2) is 8.42 Å². The van der Waals surface area contributed by atoms with Gasteiger partial charge in [0.05, 0.1) is 5.69 Å². The Labute approximate surface area is 124 Å². The van der Waals surface area contributed by atoms with Gasteiger partial charge < -0.3 is 5.73 Å². The Morgan fingerprint density at radius 3 is 2.40 bits per heavy atom. The van der Waals surface area contributed by atoms with E-state index in [9.17, 15) is 8.42 Å². The lowest BCUT2D eigenvalue weighted by molar-refractivity contribution is 0.180. The van der Waals surface area contributed by atoms with Gasteiger partial charge in [-0.3, -0.25) is 4.90 Å². The van der Waals surface area contributed by atoms with E-state index in [1.165, 1.54) is 29.3 Å². The van der Waals surface area contributed by atoms with Crippen LogP contribution in [0.1, 0.15) is 12.8 Å². The molecule has 1 aromatic rings. The molecule has 0 amide bonds. The molecule has 3 rings (SSSR count). The lowest BCUT2D eigenvalue weighted by atomic mass is 10.3. The molecule has 1 aromatic carbocycles. The zero-order valence-electron chi connectivity index (χ0n) is 11.1. The van der Waals surface area contributed by atoms with Crippen LogP contribution in [0.3, 0.4) is 0 Å². The molecule has 2 fully saturated rings. The van der Waals surface area contributed by atoms with Gasteiger partial charge in [-0.2, -0.15) is 4.31 Å². The first kappa shape index (κ1) is 14.1. The summed E-state index contributed by atoms with van der Waals surface area (Å²) < 4.78 is 26.8. The van der Waals surface area contributed by atoms with Crippen LogP contribution < -0.4 is 5.73 Å². The van der Waals surface area contributed by atoms with Crippen molar-refractivity contribution in [1.29, 1.82) is 0 Å². The summed E-state index contributed by atoms with van der Waals surface area (Å²) in [6.45, 7) is 2.63. The molecule has 7 heteroatoms. The number of hydrogen-bond donors (Lipinski definition) is 1. The fraction of sp³-hybridized carbons (Fsp3) is 0.538. The van der Waals surface area contributed by atoms with Gasteiger partial charge in [-0.15, -0.1) is 0 Å². The molecular formula is C13H18ClN3O2S. The maximum atomic E-state index is 12.6. The van der Waals surface area contributed by atoms with E-state index in [2.05, 4.69) is 4.90 Å². The van der Waals surface area contributed by atoms with Crippen molar-refractivity contribution in [2.45, 2.75) is 23.8 Å². The Morgan fingerprint density at radius 2 is 1.80 bits per heavy atom. The number of hydrogen-bond acceptors (Lipinski definition) is 4. The van der Waals surface area contributed by atoms with Crippen LogP contribution in [0.5, 0.6) is 0 Å². The number of piperazine rings is 1. The molecule has 2 N–H and O–H groups in total. The molecule has 1 aliphatic heterocycles. The fourth-order valence-electron chi connectivity index (χ4n) is 2.62. The van der Waals surface area contributed by atoms with Crippen LogP contribution in [0.15, 0.2) is 23.1 Å². The van der Waals surface area contributed by atoms with Crippen molar-refractivity contribution in [1.82, 2.24) is 9.21 Å². The highest BCUT2D eigenvalue weighted by atomic mass is 35.5. The smallest absolute Gasteiger partial charge is 0.245 e. The number of benzene rings is 1. The second-order valence-corrected chi connectivity index (χ2v) is 7.70. The van der Waals surface area contributed by atoms with E-state index in [-0.39, 0.29) is 10.6 Å². The molecule has 0 radical (unpaired) electrons. The van der Waals surface area contributed by atoms with E-state index < -0.39 is 10.0 Å². The Kier molecular flexibility index (Phi) is 3.66. The number of nitrogens with two attached hydrogens (primary N) is 1. The average molecular weight is 316 g/mol. The molecule has 5 nitrogen and oxygen atoms in total. The number of sulfonamides is 1. The van der Waals surface area contributed by atoms with Crippen molar-refractivity contribution in [3.63, 3.8) is 0 Å². The van der Waals surface area contributed by atoms with Crippen molar-refractivity contribution >= 4 is 27.3 Å². The second kappa shape index (κ2) is 5.18. The highest BCUT2D eigenvalue weighted by molar-refractivity contribution is 7.89. The van der Waals surface area contributed by atoms with Gasteiger partial charge in [-0.1, -0.05) is 11.6 Å². The van der Waals surface area contributed by atoms with Gasteiger partial charge in [0.15, 0.2) is 0 Å².